The van der Waals surface area contributed by atoms with E-state index in [1.807, 2.05) is 12.1 Å². The highest BCUT2D eigenvalue weighted by molar-refractivity contribution is 5.99. The molecular weight excluding hydrogens is 397 g/mol. The molecule has 1 N–H and O–H groups in total. The summed E-state index contributed by atoms with van der Waals surface area (Å²) in [5.41, 5.74) is -1.43. The van der Waals surface area contributed by atoms with Crippen LogP contribution < -0.4 is 10.9 Å². The van der Waals surface area contributed by atoms with Crippen molar-refractivity contribution in [1.82, 2.24) is 19.5 Å². The molecule has 1 aromatic carbocycles. The number of benzene rings is 1. The summed E-state index contributed by atoms with van der Waals surface area (Å²) in [6.07, 6.45) is -3.49. The number of para-hydroxylation sites is 1. The van der Waals surface area contributed by atoms with Crippen molar-refractivity contribution in [2.45, 2.75) is 12.7 Å². The molecule has 0 aliphatic carbocycles. The Morgan fingerprint density at radius 2 is 1.97 bits per heavy atom. The molecule has 0 spiro atoms. The lowest BCUT2D eigenvalue weighted by molar-refractivity contribution is -0.141. The predicted octanol–water partition coefficient (Wildman–Crippen LogP) is 3.16. The van der Waals surface area contributed by atoms with Gasteiger partial charge in [-0.1, -0.05) is 12.1 Å². The number of pyridine rings is 2. The van der Waals surface area contributed by atoms with E-state index in [2.05, 4.69) is 25.3 Å². The minimum atomic E-state index is -4.83. The Balaban J connectivity index is 1.73. The zero-order chi connectivity index (χ0) is 20.9. The second-order valence-corrected chi connectivity index (χ2v) is 6.71. The van der Waals surface area contributed by atoms with Crippen LogP contribution in [0.3, 0.4) is 0 Å². The quantitative estimate of drug-likeness (QED) is 0.521. The Morgan fingerprint density at radius 3 is 2.80 bits per heavy atom. The van der Waals surface area contributed by atoms with E-state index in [0.29, 0.717) is 24.0 Å². The van der Waals surface area contributed by atoms with Gasteiger partial charge in [-0.3, -0.25) is 9.36 Å². The van der Waals surface area contributed by atoms with Crippen molar-refractivity contribution >= 4 is 33.7 Å². The number of hydrogen-bond donors (Lipinski definition) is 1. The van der Waals surface area contributed by atoms with Gasteiger partial charge in [-0.25, -0.2) is 15.0 Å². The third kappa shape index (κ3) is 2.97. The van der Waals surface area contributed by atoms with Gasteiger partial charge in [0.2, 0.25) is 5.62 Å². The number of halogens is 3. The number of hydrogen-bond acceptors (Lipinski definition) is 5. The summed E-state index contributed by atoms with van der Waals surface area (Å²) < 4.78 is 42.4. The van der Waals surface area contributed by atoms with Crippen molar-refractivity contribution in [3.63, 3.8) is 0 Å². The Morgan fingerprint density at radius 1 is 1.13 bits per heavy atom. The van der Waals surface area contributed by atoms with Crippen LogP contribution >= 0.6 is 0 Å². The molecule has 0 saturated carbocycles. The summed E-state index contributed by atoms with van der Waals surface area (Å²) in [6.45, 7) is 1.09. The molecule has 5 rings (SSSR count). The summed E-state index contributed by atoms with van der Waals surface area (Å²) in [7, 11) is 0. The predicted molar refractivity (Wildman–Crippen MR) is 103 cm³/mol. The SMILES string of the molecule is O=C(N=c1nc2ccccc2c2n1CCN2)c1cc2cccnc2nc1C(F)(F)F. The Bertz CT molecular complexity index is 1390. The molecule has 3 aromatic heterocycles. The van der Waals surface area contributed by atoms with E-state index in [0.717, 1.165) is 17.3 Å². The first kappa shape index (κ1) is 18.2. The number of nitrogens with one attached hydrogen (secondary N) is 1. The highest BCUT2D eigenvalue weighted by Crippen LogP contribution is 2.32. The molecule has 0 fully saturated rings. The van der Waals surface area contributed by atoms with Crippen molar-refractivity contribution in [3.8, 4) is 0 Å². The number of alkyl halides is 3. The van der Waals surface area contributed by atoms with Gasteiger partial charge < -0.3 is 5.32 Å². The van der Waals surface area contributed by atoms with Gasteiger partial charge in [0.05, 0.1) is 11.1 Å². The molecule has 1 aliphatic rings. The molecule has 150 valence electrons. The van der Waals surface area contributed by atoms with Crippen molar-refractivity contribution in [3.05, 3.63) is 65.5 Å². The first-order valence-corrected chi connectivity index (χ1v) is 9.07. The Labute approximate surface area is 166 Å². The molecule has 1 amide bonds. The second kappa shape index (κ2) is 6.61. The first-order valence-electron chi connectivity index (χ1n) is 9.07. The van der Waals surface area contributed by atoms with Gasteiger partial charge >= 0.3 is 6.18 Å². The highest BCUT2D eigenvalue weighted by Gasteiger charge is 2.38. The molecule has 0 bridgehead atoms. The van der Waals surface area contributed by atoms with Crippen molar-refractivity contribution < 1.29 is 18.0 Å². The average Bonchev–Trinajstić information content (AvgIpc) is 3.23. The molecule has 10 heteroatoms. The van der Waals surface area contributed by atoms with E-state index < -0.39 is 23.3 Å². The number of amides is 1. The third-order valence-electron chi connectivity index (χ3n) is 4.81. The fourth-order valence-electron chi connectivity index (χ4n) is 3.49. The maximum absolute atomic E-state index is 13.6. The lowest BCUT2D eigenvalue weighted by Crippen LogP contribution is -2.25. The van der Waals surface area contributed by atoms with Crippen LogP contribution in [0.25, 0.3) is 21.9 Å². The van der Waals surface area contributed by atoms with Crippen LogP contribution in [-0.4, -0.2) is 32.0 Å². The van der Waals surface area contributed by atoms with Gasteiger partial charge in [0, 0.05) is 30.1 Å². The largest absolute Gasteiger partial charge is 0.434 e. The molecule has 7 nitrogen and oxygen atoms in total. The lowest BCUT2D eigenvalue weighted by Gasteiger charge is -2.11. The van der Waals surface area contributed by atoms with Crippen molar-refractivity contribution in [2.24, 2.45) is 4.99 Å². The number of rotatable bonds is 1. The maximum Gasteiger partial charge on any atom is 0.434 e. The molecule has 4 aromatic rings. The van der Waals surface area contributed by atoms with Crippen LogP contribution in [0.5, 0.6) is 0 Å². The van der Waals surface area contributed by atoms with Crippen LogP contribution in [-0.2, 0) is 12.7 Å². The molecule has 1 aliphatic heterocycles. The Hall–Kier alpha value is -3.82. The number of aromatic nitrogens is 4. The number of carbonyl (C=O) groups excluding carboxylic acids is 1. The molecule has 0 unspecified atom stereocenters. The summed E-state index contributed by atoms with van der Waals surface area (Å²) in [6, 6.07) is 11.5. The highest BCUT2D eigenvalue weighted by atomic mass is 19.4. The smallest absolute Gasteiger partial charge is 0.369 e. The standard InChI is InChI=1S/C20H13F3N6O/c21-20(22,23)15-13(10-11-4-3-7-24-16(11)27-15)18(30)28-19-26-14-6-2-1-5-12(14)17-25-8-9-29(17)19/h1-7,10,25H,8-9H2. The van der Waals surface area contributed by atoms with E-state index in [-0.39, 0.29) is 11.3 Å². The van der Waals surface area contributed by atoms with Gasteiger partial charge in [0.1, 0.15) is 5.82 Å². The lowest BCUT2D eigenvalue weighted by atomic mass is 10.1. The first-order chi connectivity index (χ1) is 14.4. The number of fused-ring (bicyclic) bond motifs is 4. The van der Waals surface area contributed by atoms with E-state index >= 15 is 0 Å². The van der Waals surface area contributed by atoms with E-state index in [1.165, 1.54) is 12.3 Å². The van der Waals surface area contributed by atoms with Crippen LogP contribution in [0, 0.1) is 0 Å². The van der Waals surface area contributed by atoms with Gasteiger partial charge in [-0.2, -0.15) is 18.2 Å². The summed E-state index contributed by atoms with van der Waals surface area (Å²) in [5, 5.41) is 4.37. The van der Waals surface area contributed by atoms with Crippen LogP contribution in [0.1, 0.15) is 16.1 Å². The minimum absolute atomic E-state index is 0.0399. The molecule has 4 heterocycles. The van der Waals surface area contributed by atoms with Gasteiger partial charge in [0.25, 0.3) is 5.91 Å². The van der Waals surface area contributed by atoms with Crippen LogP contribution in [0.15, 0.2) is 53.7 Å². The van der Waals surface area contributed by atoms with Crippen molar-refractivity contribution in [1.29, 1.82) is 0 Å². The molecule has 0 atom stereocenters. The summed E-state index contributed by atoms with van der Waals surface area (Å²) >= 11 is 0. The van der Waals surface area contributed by atoms with Crippen LogP contribution in [0.4, 0.5) is 19.0 Å². The average molecular weight is 410 g/mol. The van der Waals surface area contributed by atoms with Crippen molar-refractivity contribution in [2.75, 3.05) is 11.9 Å². The maximum atomic E-state index is 13.6. The summed E-state index contributed by atoms with van der Waals surface area (Å²) in [4.78, 5) is 28.6. The van der Waals surface area contributed by atoms with Crippen LogP contribution in [0.2, 0.25) is 0 Å². The third-order valence-corrected chi connectivity index (χ3v) is 4.81. The number of carbonyl (C=O) groups is 1. The Kier molecular flexibility index (Phi) is 4.02. The van der Waals surface area contributed by atoms with Gasteiger partial charge in [-0.15, -0.1) is 0 Å². The zero-order valence-electron chi connectivity index (χ0n) is 15.3. The minimum Gasteiger partial charge on any atom is -0.369 e. The zero-order valence-corrected chi connectivity index (χ0v) is 15.3. The second-order valence-electron chi connectivity index (χ2n) is 6.71. The molecule has 30 heavy (non-hydrogen) atoms. The fraction of sp³-hybridized carbons (Fsp3) is 0.150. The van der Waals surface area contributed by atoms with E-state index in [1.54, 1.807) is 22.8 Å². The molecular formula is C20H13F3N6O. The number of nitrogens with zero attached hydrogens (tertiary/aromatic N) is 5. The van der Waals surface area contributed by atoms with Gasteiger partial charge in [-0.05, 0) is 30.3 Å². The monoisotopic (exact) mass is 410 g/mol. The summed E-state index contributed by atoms with van der Waals surface area (Å²) in [5.74, 6) is -0.339. The molecule has 0 saturated heterocycles. The molecule has 0 radical (unpaired) electrons. The van der Waals surface area contributed by atoms with E-state index in [9.17, 15) is 18.0 Å². The van der Waals surface area contributed by atoms with Gasteiger partial charge in [0.15, 0.2) is 11.3 Å². The fourth-order valence-corrected chi connectivity index (χ4v) is 3.49. The normalized spacial score (nSPS) is 14.2. The number of anilines is 1. The topological polar surface area (TPSA) is 85.1 Å². The van der Waals surface area contributed by atoms with E-state index in [4.69, 9.17) is 0 Å².